The van der Waals surface area contributed by atoms with Crippen LogP contribution in [0.4, 0.5) is 5.82 Å². The highest BCUT2D eigenvalue weighted by atomic mass is 35.5. The number of nitrogens with one attached hydrogen (secondary N) is 2. The number of amides is 1. The molecule has 0 aliphatic carbocycles. The summed E-state index contributed by atoms with van der Waals surface area (Å²) in [5.74, 6) is 0.305. The predicted octanol–water partition coefficient (Wildman–Crippen LogP) is 4.61. The first kappa shape index (κ1) is 17.2. The van der Waals surface area contributed by atoms with Gasteiger partial charge in [-0.25, -0.2) is 4.98 Å². The van der Waals surface area contributed by atoms with Crippen LogP contribution in [0.15, 0.2) is 48.9 Å². The van der Waals surface area contributed by atoms with Crippen LogP contribution in [0.1, 0.15) is 12.5 Å². The molecule has 1 amide bonds. The molecule has 0 saturated carbocycles. The lowest BCUT2D eigenvalue weighted by Gasteiger charge is -2.08. The van der Waals surface area contributed by atoms with Gasteiger partial charge in [-0.05, 0) is 36.8 Å². The van der Waals surface area contributed by atoms with Crippen molar-refractivity contribution in [3.63, 3.8) is 0 Å². The molecule has 2 N–H and O–H groups in total. The molecule has 4 aromatic rings. The molecule has 4 rings (SSSR count). The van der Waals surface area contributed by atoms with Gasteiger partial charge in [0.05, 0.1) is 33.0 Å². The molecule has 4 heterocycles. The number of hydrogen-bond donors (Lipinski definition) is 2. The summed E-state index contributed by atoms with van der Waals surface area (Å²) >= 11 is 6.13. The maximum atomic E-state index is 11.4. The van der Waals surface area contributed by atoms with Crippen molar-refractivity contribution in [1.29, 1.82) is 0 Å². The molecule has 0 fully saturated rings. The summed E-state index contributed by atoms with van der Waals surface area (Å²) in [5, 5.41) is 3.26. The summed E-state index contributed by atoms with van der Waals surface area (Å²) < 4.78 is 0. The van der Waals surface area contributed by atoms with Crippen molar-refractivity contribution in [2.45, 2.75) is 13.8 Å². The molecule has 4 aromatic heterocycles. The number of anilines is 1. The summed E-state index contributed by atoms with van der Waals surface area (Å²) in [6.07, 6.45) is 5.04. The van der Waals surface area contributed by atoms with Gasteiger partial charge in [0, 0.05) is 31.1 Å². The smallest absolute Gasteiger partial charge is 0.222 e. The molecule has 0 saturated heterocycles. The van der Waals surface area contributed by atoms with Gasteiger partial charge in [0.1, 0.15) is 5.82 Å². The lowest BCUT2D eigenvalue weighted by molar-refractivity contribution is -0.114. The molecule has 27 heavy (non-hydrogen) atoms. The van der Waals surface area contributed by atoms with E-state index in [1.54, 1.807) is 18.6 Å². The van der Waals surface area contributed by atoms with Crippen molar-refractivity contribution in [3.05, 3.63) is 59.5 Å². The van der Waals surface area contributed by atoms with Crippen molar-refractivity contribution in [1.82, 2.24) is 19.9 Å². The van der Waals surface area contributed by atoms with E-state index in [-0.39, 0.29) is 5.91 Å². The van der Waals surface area contributed by atoms with E-state index >= 15 is 0 Å². The number of halogens is 1. The number of carbonyl (C=O) groups excluding carboxylic acids is 1. The highest BCUT2D eigenvalue weighted by Crippen LogP contribution is 2.38. The van der Waals surface area contributed by atoms with E-state index in [0.29, 0.717) is 10.8 Å². The number of carbonyl (C=O) groups is 1. The SMILES string of the molecule is CC(=O)Nc1cc(-c2[nH]c3cc(Cl)cnc3c2-c2ncccc2C)ccn1. The molecule has 7 heteroatoms. The first-order chi connectivity index (χ1) is 13.0. The topological polar surface area (TPSA) is 83.6 Å². The zero-order chi connectivity index (χ0) is 19.0. The van der Waals surface area contributed by atoms with Gasteiger partial charge in [0.2, 0.25) is 5.91 Å². The highest BCUT2D eigenvalue weighted by molar-refractivity contribution is 6.31. The summed E-state index contributed by atoms with van der Waals surface area (Å²) in [7, 11) is 0. The summed E-state index contributed by atoms with van der Waals surface area (Å²) in [5.41, 5.74) is 6.07. The number of pyridine rings is 3. The molecule has 6 nitrogen and oxygen atoms in total. The minimum Gasteiger partial charge on any atom is -0.353 e. The number of aromatic nitrogens is 4. The molecule has 0 atom stereocenters. The number of aryl methyl sites for hydroxylation is 1. The Morgan fingerprint density at radius 1 is 1.15 bits per heavy atom. The predicted molar refractivity (Wildman–Crippen MR) is 107 cm³/mol. The van der Waals surface area contributed by atoms with E-state index < -0.39 is 0 Å². The summed E-state index contributed by atoms with van der Waals surface area (Å²) in [6, 6.07) is 9.44. The van der Waals surface area contributed by atoms with Crippen LogP contribution in [0.25, 0.3) is 33.5 Å². The lowest BCUT2D eigenvalue weighted by atomic mass is 10.0. The molecule has 0 unspecified atom stereocenters. The quantitative estimate of drug-likeness (QED) is 0.546. The lowest BCUT2D eigenvalue weighted by Crippen LogP contribution is -2.07. The van der Waals surface area contributed by atoms with E-state index in [1.165, 1.54) is 6.92 Å². The molecule has 0 aliphatic heterocycles. The molecule has 0 aliphatic rings. The van der Waals surface area contributed by atoms with Crippen molar-refractivity contribution < 1.29 is 4.79 Å². The standard InChI is InChI=1S/C20H16ClN5O/c1-11-4-3-6-23-18(11)17-19(26-15-9-14(21)10-24-20(15)17)13-5-7-22-16(8-13)25-12(2)27/h3-10,26H,1-2H3,(H,22,25,27). The summed E-state index contributed by atoms with van der Waals surface area (Å²) in [4.78, 5) is 28.1. The Morgan fingerprint density at radius 2 is 2.00 bits per heavy atom. The molecule has 0 radical (unpaired) electrons. The van der Waals surface area contributed by atoms with Crippen LogP contribution >= 0.6 is 11.6 Å². The molecule has 0 aromatic carbocycles. The van der Waals surface area contributed by atoms with Gasteiger partial charge in [-0.3, -0.25) is 14.8 Å². The van der Waals surface area contributed by atoms with Crippen molar-refractivity contribution in [2.24, 2.45) is 0 Å². The maximum absolute atomic E-state index is 11.4. The second kappa shape index (κ2) is 6.81. The molecule has 0 spiro atoms. The number of nitrogens with zero attached hydrogens (tertiary/aromatic N) is 3. The minimum absolute atomic E-state index is 0.175. The van der Waals surface area contributed by atoms with Crippen LogP contribution in [-0.2, 0) is 4.79 Å². The van der Waals surface area contributed by atoms with E-state index in [1.807, 2.05) is 37.3 Å². The molecular weight excluding hydrogens is 362 g/mol. The second-order valence-corrected chi connectivity index (χ2v) is 6.64. The second-order valence-electron chi connectivity index (χ2n) is 6.20. The minimum atomic E-state index is -0.175. The number of fused-ring (bicyclic) bond motifs is 1. The van der Waals surface area contributed by atoms with Crippen LogP contribution in [0.5, 0.6) is 0 Å². The van der Waals surface area contributed by atoms with Gasteiger partial charge in [-0.1, -0.05) is 17.7 Å². The average molecular weight is 378 g/mol. The Hall–Kier alpha value is -3.25. The van der Waals surface area contributed by atoms with Crippen LogP contribution in [0.3, 0.4) is 0 Å². The Kier molecular flexibility index (Phi) is 4.33. The average Bonchev–Trinajstić information content (AvgIpc) is 3.00. The van der Waals surface area contributed by atoms with E-state index in [0.717, 1.165) is 39.1 Å². The number of rotatable bonds is 3. The normalized spacial score (nSPS) is 10.9. The Morgan fingerprint density at radius 3 is 2.78 bits per heavy atom. The molecule has 134 valence electrons. The van der Waals surface area contributed by atoms with Gasteiger partial charge >= 0.3 is 0 Å². The number of hydrogen-bond acceptors (Lipinski definition) is 4. The van der Waals surface area contributed by atoms with Crippen LogP contribution in [0, 0.1) is 6.92 Å². The molecule has 0 bridgehead atoms. The van der Waals surface area contributed by atoms with Gasteiger partial charge in [0.15, 0.2) is 0 Å². The van der Waals surface area contributed by atoms with Crippen molar-refractivity contribution in [3.8, 4) is 22.5 Å². The zero-order valence-electron chi connectivity index (χ0n) is 14.7. The fourth-order valence-electron chi connectivity index (χ4n) is 3.08. The van der Waals surface area contributed by atoms with Gasteiger partial charge in [-0.15, -0.1) is 0 Å². The fourth-order valence-corrected chi connectivity index (χ4v) is 3.24. The van der Waals surface area contributed by atoms with Crippen molar-refractivity contribution >= 4 is 34.4 Å². The van der Waals surface area contributed by atoms with E-state index in [4.69, 9.17) is 11.6 Å². The first-order valence-corrected chi connectivity index (χ1v) is 8.74. The zero-order valence-corrected chi connectivity index (χ0v) is 15.5. The van der Waals surface area contributed by atoms with Gasteiger partial charge in [-0.2, -0.15) is 0 Å². The number of H-pyrrole nitrogens is 1. The largest absolute Gasteiger partial charge is 0.353 e. The molecular formula is C20H16ClN5O. The third kappa shape index (κ3) is 3.27. The number of aromatic amines is 1. The third-order valence-electron chi connectivity index (χ3n) is 4.20. The van der Waals surface area contributed by atoms with Crippen LogP contribution in [-0.4, -0.2) is 25.8 Å². The van der Waals surface area contributed by atoms with Crippen molar-refractivity contribution in [2.75, 3.05) is 5.32 Å². The Bertz CT molecular complexity index is 1170. The monoisotopic (exact) mass is 377 g/mol. The maximum Gasteiger partial charge on any atom is 0.222 e. The summed E-state index contributed by atoms with van der Waals surface area (Å²) in [6.45, 7) is 3.46. The van der Waals surface area contributed by atoms with Gasteiger partial charge < -0.3 is 10.3 Å². The highest BCUT2D eigenvalue weighted by Gasteiger charge is 2.19. The van der Waals surface area contributed by atoms with Crippen LogP contribution < -0.4 is 5.32 Å². The van der Waals surface area contributed by atoms with E-state index in [2.05, 4.69) is 25.3 Å². The Labute approximate surface area is 160 Å². The van der Waals surface area contributed by atoms with E-state index in [9.17, 15) is 4.79 Å². The first-order valence-electron chi connectivity index (χ1n) is 8.36. The fraction of sp³-hybridized carbons (Fsp3) is 0.100. The van der Waals surface area contributed by atoms with Crippen LogP contribution in [0.2, 0.25) is 5.02 Å². The third-order valence-corrected chi connectivity index (χ3v) is 4.41. The van der Waals surface area contributed by atoms with Gasteiger partial charge in [0.25, 0.3) is 0 Å². The Balaban J connectivity index is 1.99.